The molecule has 2 fully saturated rings. The molecule has 0 unspecified atom stereocenters. The first kappa shape index (κ1) is 20.6. The van der Waals surface area contributed by atoms with Gasteiger partial charge in [0.2, 0.25) is 5.91 Å². The Morgan fingerprint density at radius 1 is 1.33 bits per heavy atom. The van der Waals surface area contributed by atoms with Crippen LogP contribution in [0.15, 0.2) is 12.0 Å². The number of thiophene rings is 1. The number of anilines is 1. The van der Waals surface area contributed by atoms with Crippen LogP contribution in [0.5, 0.6) is 0 Å². The molecule has 150 valence electrons. The van der Waals surface area contributed by atoms with Crippen LogP contribution in [0.2, 0.25) is 0 Å². The van der Waals surface area contributed by atoms with E-state index >= 15 is 0 Å². The molecule has 1 aromatic heterocycles. The molecule has 0 aromatic carbocycles. The van der Waals surface area contributed by atoms with Gasteiger partial charge in [-0.1, -0.05) is 20.4 Å². The zero-order valence-electron chi connectivity index (χ0n) is 17.1. The Morgan fingerprint density at radius 3 is 2.67 bits per heavy atom. The van der Waals surface area contributed by atoms with Crippen molar-refractivity contribution in [3.05, 3.63) is 22.4 Å². The molecule has 4 nitrogen and oxygen atoms in total. The molecule has 2 saturated heterocycles. The number of carbonyl (C=O) groups is 1. The van der Waals surface area contributed by atoms with Gasteiger partial charge in [0.25, 0.3) is 0 Å². The highest BCUT2D eigenvalue weighted by Gasteiger charge is 2.26. The zero-order valence-corrected chi connectivity index (χ0v) is 17.9. The molecular weight excluding hydrogens is 356 g/mol. The molecule has 3 heterocycles. The lowest BCUT2D eigenvalue weighted by Crippen LogP contribution is -2.41. The summed E-state index contributed by atoms with van der Waals surface area (Å²) in [6, 6.07) is 0. The molecule has 0 radical (unpaired) electrons. The van der Waals surface area contributed by atoms with Gasteiger partial charge in [-0.25, -0.2) is 0 Å². The Bertz CT molecular complexity index is 664. The number of nitrogens with zero attached hydrogens (tertiary/aromatic N) is 1. The Kier molecular flexibility index (Phi) is 6.77. The molecule has 2 aliphatic heterocycles. The number of rotatable bonds is 6. The number of aryl methyl sites for hydroxylation is 1. The van der Waals surface area contributed by atoms with Crippen LogP contribution in [0.3, 0.4) is 0 Å². The summed E-state index contributed by atoms with van der Waals surface area (Å²) in [4.78, 5) is 16.1. The van der Waals surface area contributed by atoms with Crippen molar-refractivity contribution in [1.82, 2.24) is 4.90 Å². The normalized spacial score (nSPS) is 21.1. The summed E-state index contributed by atoms with van der Waals surface area (Å²) in [7, 11) is 0. The second-order valence-electron chi connectivity index (χ2n) is 8.97. The maximum absolute atomic E-state index is 12.7. The molecule has 1 aromatic rings. The highest BCUT2D eigenvalue weighted by molar-refractivity contribution is 7.12. The van der Waals surface area contributed by atoms with Crippen LogP contribution in [-0.4, -0.2) is 43.7 Å². The minimum absolute atomic E-state index is 0.0938. The summed E-state index contributed by atoms with van der Waals surface area (Å²) in [5, 5.41) is 5.32. The number of likely N-dealkylation sites (tertiary alicyclic amines) is 1. The molecule has 0 aliphatic carbocycles. The maximum atomic E-state index is 12.7. The lowest BCUT2D eigenvalue weighted by atomic mass is 9.83. The Balaban J connectivity index is 1.57. The summed E-state index contributed by atoms with van der Waals surface area (Å²) < 4.78 is 5.46. The average Bonchev–Trinajstić information content (AvgIpc) is 2.98. The minimum Gasteiger partial charge on any atom is -0.381 e. The van der Waals surface area contributed by atoms with E-state index in [2.05, 4.69) is 42.9 Å². The first-order valence-electron chi connectivity index (χ1n) is 10.2. The monoisotopic (exact) mass is 390 g/mol. The molecule has 3 rings (SSSR count). The third kappa shape index (κ3) is 5.66. The summed E-state index contributed by atoms with van der Waals surface area (Å²) in [5.74, 6) is 0.741. The van der Waals surface area contributed by atoms with Gasteiger partial charge in [-0.3, -0.25) is 9.69 Å². The first-order chi connectivity index (χ1) is 12.8. The summed E-state index contributed by atoms with van der Waals surface area (Å²) in [6.07, 6.45) is 5.52. The number of carbonyl (C=O) groups excluding carboxylic acids is 1. The highest BCUT2D eigenvalue weighted by atomic mass is 32.1. The van der Waals surface area contributed by atoms with Crippen molar-refractivity contribution in [2.24, 2.45) is 11.3 Å². The largest absolute Gasteiger partial charge is 0.381 e. The van der Waals surface area contributed by atoms with Crippen LogP contribution in [0.1, 0.15) is 56.4 Å². The molecule has 5 heteroatoms. The lowest BCUT2D eigenvalue weighted by Gasteiger charge is -2.36. The summed E-state index contributed by atoms with van der Waals surface area (Å²) >= 11 is 1.70. The predicted molar refractivity (Wildman–Crippen MR) is 114 cm³/mol. The van der Waals surface area contributed by atoms with Crippen LogP contribution in [0.25, 0.3) is 5.57 Å². The van der Waals surface area contributed by atoms with Gasteiger partial charge in [-0.15, -0.1) is 11.3 Å². The van der Waals surface area contributed by atoms with Crippen molar-refractivity contribution in [1.29, 1.82) is 0 Å². The van der Waals surface area contributed by atoms with Crippen molar-refractivity contribution in [2.75, 3.05) is 38.2 Å². The van der Waals surface area contributed by atoms with Gasteiger partial charge in [-0.05, 0) is 80.0 Å². The van der Waals surface area contributed by atoms with Crippen molar-refractivity contribution in [3.8, 4) is 0 Å². The molecule has 1 amide bonds. The van der Waals surface area contributed by atoms with E-state index in [4.69, 9.17) is 4.74 Å². The van der Waals surface area contributed by atoms with Gasteiger partial charge >= 0.3 is 0 Å². The molecule has 2 aliphatic rings. The van der Waals surface area contributed by atoms with Crippen molar-refractivity contribution in [3.63, 3.8) is 0 Å². The fraction of sp³-hybridized carbons (Fsp3) is 0.682. The van der Waals surface area contributed by atoms with E-state index in [9.17, 15) is 4.79 Å². The predicted octanol–water partition coefficient (Wildman–Crippen LogP) is 4.95. The van der Waals surface area contributed by atoms with Gasteiger partial charge in [0.1, 0.15) is 0 Å². The second-order valence-corrected chi connectivity index (χ2v) is 9.85. The maximum Gasteiger partial charge on any atom is 0.238 e. The number of ether oxygens (including phenoxy) is 1. The molecule has 0 saturated carbocycles. The minimum atomic E-state index is 0.0938. The van der Waals surface area contributed by atoms with E-state index in [-0.39, 0.29) is 5.91 Å². The topological polar surface area (TPSA) is 41.6 Å². The van der Waals surface area contributed by atoms with Gasteiger partial charge in [-0.2, -0.15) is 0 Å². The SMILES string of the molecule is C=C(CC1CCOCC1)c1scc(C)c1NC(=O)CN1CCC(C)(C)CC1. The van der Waals surface area contributed by atoms with E-state index in [1.165, 1.54) is 0 Å². The van der Waals surface area contributed by atoms with Crippen molar-refractivity contribution in [2.45, 2.75) is 52.9 Å². The van der Waals surface area contributed by atoms with E-state index in [1.807, 2.05) is 0 Å². The summed E-state index contributed by atoms with van der Waals surface area (Å²) in [6.45, 7) is 15.3. The number of piperidine rings is 1. The average molecular weight is 391 g/mol. The molecule has 1 N–H and O–H groups in total. The van der Waals surface area contributed by atoms with Crippen molar-refractivity contribution >= 4 is 28.5 Å². The lowest BCUT2D eigenvalue weighted by molar-refractivity contribution is -0.117. The van der Waals surface area contributed by atoms with Crippen LogP contribution < -0.4 is 5.32 Å². The molecule has 0 bridgehead atoms. The standard InChI is InChI=1S/C22H34N2O2S/c1-16(13-18-5-11-26-12-6-18)21-20(17(2)15-27-21)23-19(25)14-24-9-7-22(3,4)8-10-24/h15,18H,1,5-14H2,2-4H3,(H,23,25). The van der Waals surface area contributed by atoms with E-state index in [1.54, 1.807) is 11.3 Å². The Labute approximate surface area is 168 Å². The van der Waals surface area contributed by atoms with E-state index in [0.29, 0.717) is 17.9 Å². The second kappa shape index (κ2) is 8.89. The molecule has 0 spiro atoms. The fourth-order valence-electron chi connectivity index (χ4n) is 3.95. The molecule has 0 atom stereocenters. The molecule has 27 heavy (non-hydrogen) atoms. The van der Waals surface area contributed by atoms with E-state index in [0.717, 1.165) is 80.1 Å². The molecular formula is C22H34N2O2S. The Morgan fingerprint density at radius 2 is 2.00 bits per heavy atom. The van der Waals surface area contributed by atoms with Crippen LogP contribution in [0.4, 0.5) is 5.69 Å². The zero-order chi connectivity index (χ0) is 19.4. The number of allylic oxidation sites excluding steroid dienone is 1. The third-order valence-electron chi connectivity index (χ3n) is 6.01. The van der Waals surface area contributed by atoms with Crippen molar-refractivity contribution < 1.29 is 9.53 Å². The Hall–Kier alpha value is -1.17. The van der Waals surface area contributed by atoms with Gasteiger partial charge in [0.15, 0.2) is 0 Å². The van der Waals surface area contributed by atoms with Gasteiger partial charge in [0, 0.05) is 13.2 Å². The van der Waals surface area contributed by atoms with Crippen LogP contribution >= 0.6 is 11.3 Å². The third-order valence-corrected chi connectivity index (χ3v) is 7.21. The quantitative estimate of drug-likeness (QED) is 0.747. The van der Waals surface area contributed by atoms with Gasteiger partial charge < -0.3 is 10.1 Å². The first-order valence-corrected chi connectivity index (χ1v) is 11.1. The number of hydrogen-bond donors (Lipinski definition) is 1. The van der Waals surface area contributed by atoms with Gasteiger partial charge in [0.05, 0.1) is 17.1 Å². The summed E-state index contributed by atoms with van der Waals surface area (Å²) in [5.41, 5.74) is 3.66. The highest BCUT2D eigenvalue weighted by Crippen LogP contribution is 2.37. The smallest absolute Gasteiger partial charge is 0.238 e. The number of amides is 1. The van der Waals surface area contributed by atoms with E-state index < -0.39 is 0 Å². The fourth-order valence-corrected chi connectivity index (χ4v) is 4.94. The number of nitrogens with one attached hydrogen (secondary N) is 1. The van der Waals surface area contributed by atoms with Crippen LogP contribution in [-0.2, 0) is 9.53 Å². The van der Waals surface area contributed by atoms with Crippen LogP contribution in [0, 0.1) is 18.3 Å². The number of hydrogen-bond acceptors (Lipinski definition) is 4.